The Balaban J connectivity index is 1.38. The first-order valence-corrected chi connectivity index (χ1v) is 10.1. The van der Waals surface area contributed by atoms with Gasteiger partial charge in [-0.3, -0.25) is 4.90 Å². The molecule has 1 aromatic carbocycles. The maximum Gasteiger partial charge on any atom is 0.140 e. The minimum absolute atomic E-state index is 1.00. The molecule has 0 spiro atoms. The third-order valence-electron chi connectivity index (χ3n) is 4.85. The molecule has 1 aliphatic rings. The zero-order valence-corrected chi connectivity index (χ0v) is 16.0. The third kappa shape index (κ3) is 3.79. The molecule has 1 saturated heterocycles. The Kier molecular flexibility index (Phi) is 5.27. The van der Waals surface area contributed by atoms with Crippen molar-refractivity contribution in [1.82, 2.24) is 14.9 Å². The lowest BCUT2D eigenvalue weighted by molar-refractivity contribution is 0.284. The van der Waals surface area contributed by atoms with Gasteiger partial charge >= 0.3 is 0 Å². The second-order valence-corrected chi connectivity index (χ2v) is 7.70. The van der Waals surface area contributed by atoms with E-state index >= 15 is 0 Å². The second kappa shape index (κ2) is 7.98. The number of nitrogens with zero attached hydrogens (tertiary/aromatic N) is 4. The van der Waals surface area contributed by atoms with Crippen molar-refractivity contribution in [1.29, 1.82) is 0 Å². The number of hydrogen-bond donors (Lipinski definition) is 0. The van der Waals surface area contributed by atoms with Gasteiger partial charge in [-0.25, -0.2) is 9.97 Å². The molecular formula is C21H24N4S. The fraction of sp³-hybridized carbons (Fsp3) is 0.333. The van der Waals surface area contributed by atoms with Crippen molar-refractivity contribution in [2.45, 2.75) is 13.3 Å². The van der Waals surface area contributed by atoms with Crippen LogP contribution < -0.4 is 4.90 Å². The predicted octanol–water partition coefficient (Wildman–Crippen LogP) is 4.09. The van der Waals surface area contributed by atoms with Crippen LogP contribution in [0.2, 0.25) is 0 Å². The van der Waals surface area contributed by atoms with Crippen LogP contribution in [0.1, 0.15) is 17.4 Å². The van der Waals surface area contributed by atoms with E-state index in [4.69, 9.17) is 0 Å². The summed E-state index contributed by atoms with van der Waals surface area (Å²) in [6.45, 7) is 7.36. The first kappa shape index (κ1) is 17.2. The zero-order chi connectivity index (χ0) is 17.8. The first-order chi connectivity index (χ1) is 12.8. The number of aromatic nitrogens is 2. The van der Waals surface area contributed by atoms with Gasteiger partial charge in [0.1, 0.15) is 17.0 Å². The van der Waals surface area contributed by atoms with Gasteiger partial charge in [0, 0.05) is 37.6 Å². The van der Waals surface area contributed by atoms with Crippen LogP contribution in [0.3, 0.4) is 0 Å². The van der Waals surface area contributed by atoms with Crippen LogP contribution >= 0.6 is 11.3 Å². The molecule has 3 heterocycles. The third-order valence-corrected chi connectivity index (χ3v) is 6.04. The normalized spacial score (nSPS) is 16.0. The highest BCUT2D eigenvalue weighted by Crippen LogP contribution is 2.30. The average Bonchev–Trinajstić information content (AvgIpc) is 3.13. The van der Waals surface area contributed by atoms with E-state index in [0.29, 0.717) is 0 Å². The number of aryl methyl sites for hydroxylation is 1. The Morgan fingerprint density at radius 2 is 1.88 bits per heavy atom. The summed E-state index contributed by atoms with van der Waals surface area (Å²) in [5.41, 5.74) is 1.26. The van der Waals surface area contributed by atoms with Crippen molar-refractivity contribution in [3.8, 4) is 0 Å². The fourth-order valence-electron chi connectivity index (χ4n) is 3.36. The molecule has 3 aromatic rings. The van der Waals surface area contributed by atoms with Crippen molar-refractivity contribution >= 4 is 33.4 Å². The summed E-state index contributed by atoms with van der Waals surface area (Å²) in [7, 11) is 0. The maximum atomic E-state index is 4.59. The summed E-state index contributed by atoms with van der Waals surface area (Å²) in [4.78, 5) is 16.4. The zero-order valence-electron chi connectivity index (χ0n) is 15.1. The highest BCUT2D eigenvalue weighted by atomic mass is 32.1. The molecule has 2 aromatic heterocycles. The van der Waals surface area contributed by atoms with E-state index in [9.17, 15) is 0 Å². The van der Waals surface area contributed by atoms with Gasteiger partial charge < -0.3 is 4.90 Å². The highest BCUT2D eigenvalue weighted by molar-refractivity contribution is 7.18. The summed E-state index contributed by atoms with van der Waals surface area (Å²) in [5.74, 6) is 1.10. The Morgan fingerprint density at radius 1 is 1.08 bits per heavy atom. The minimum atomic E-state index is 1.00. The lowest BCUT2D eigenvalue weighted by atomic mass is 10.2. The molecule has 0 atom stereocenters. The Morgan fingerprint density at radius 3 is 2.65 bits per heavy atom. The summed E-state index contributed by atoms with van der Waals surface area (Å²) < 4.78 is 0. The molecular weight excluding hydrogens is 340 g/mol. The van der Waals surface area contributed by atoms with Crippen molar-refractivity contribution in [2.24, 2.45) is 0 Å². The second-order valence-electron chi connectivity index (χ2n) is 6.58. The molecule has 0 saturated carbocycles. The van der Waals surface area contributed by atoms with Crippen LogP contribution in [-0.2, 0) is 6.42 Å². The quantitative estimate of drug-likeness (QED) is 0.683. The van der Waals surface area contributed by atoms with E-state index in [1.807, 2.05) is 0 Å². The van der Waals surface area contributed by atoms with Gasteiger partial charge in [0.05, 0.1) is 5.39 Å². The minimum Gasteiger partial charge on any atom is -0.353 e. The number of rotatable bonds is 5. The van der Waals surface area contributed by atoms with Crippen LogP contribution in [-0.4, -0.2) is 47.6 Å². The van der Waals surface area contributed by atoms with Crippen molar-refractivity contribution < 1.29 is 0 Å². The highest BCUT2D eigenvalue weighted by Gasteiger charge is 2.20. The van der Waals surface area contributed by atoms with Crippen LogP contribution in [0, 0.1) is 0 Å². The molecule has 5 heteroatoms. The van der Waals surface area contributed by atoms with Crippen molar-refractivity contribution in [2.75, 3.05) is 37.6 Å². The SMILES string of the molecule is CCc1cc2c(N3CCN(C/C=C/c4ccccc4)CC3)ncnc2s1. The summed E-state index contributed by atoms with van der Waals surface area (Å²) >= 11 is 1.79. The van der Waals surface area contributed by atoms with Gasteiger partial charge in [0.15, 0.2) is 0 Å². The summed E-state index contributed by atoms with van der Waals surface area (Å²) in [6.07, 6.45) is 7.24. The molecule has 0 radical (unpaired) electrons. The van der Waals surface area contributed by atoms with Crippen LogP contribution in [0.15, 0.2) is 48.8 Å². The molecule has 4 nitrogen and oxygen atoms in total. The van der Waals surface area contributed by atoms with E-state index in [0.717, 1.165) is 49.8 Å². The number of thiophene rings is 1. The number of hydrogen-bond acceptors (Lipinski definition) is 5. The molecule has 26 heavy (non-hydrogen) atoms. The Labute approximate surface area is 158 Å². The summed E-state index contributed by atoms with van der Waals surface area (Å²) in [5, 5.41) is 1.21. The van der Waals surface area contributed by atoms with Crippen LogP contribution in [0.25, 0.3) is 16.3 Å². The summed E-state index contributed by atoms with van der Waals surface area (Å²) in [6, 6.07) is 12.8. The first-order valence-electron chi connectivity index (χ1n) is 9.26. The standard InChI is InChI=1S/C21H24N4S/c1-2-18-15-19-20(22-16-23-21(19)26-18)25-13-11-24(12-14-25)10-6-9-17-7-4-3-5-8-17/h3-9,15-16H,2,10-14H2,1H3/b9-6+. The fourth-order valence-corrected chi connectivity index (χ4v) is 4.29. The van der Waals surface area contributed by atoms with Gasteiger partial charge in [0.25, 0.3) is 0 Å². The lowest BCUT2D eigenvalue weighted by Crippen LogP contribution is -2.46. The lowest BCUT2D eigenvalue weighted by Gasteiger charge is -2.35. The largest absolute Gasteiger partial charge is 0.353 e. The molecule has 0 amide bonds. The van der Waals surface area contributed by atoms with E-state index in [2.05, 4.69) is 75.2 Å². The number of piperazine rings is 1. The molecule has 134 valence electrons. The molecule has 1 aliphatic heterocycles. The number of anilines is 1. The molecule has 0 unspecified atom stereocenters. The van der Waals surface area contributed by atoms with Gasteiger partial charge in [-0.15, -0.1) is 11.3 Å². The molecule has 0 aliphatic carbocycles. The Bertz CT molecular complexity index is 879. The maximum absolute atomic E-state index is 4.59. The number of benzene rings is 1. The molecule has 0 N–H and O–H groups in total. The predicted molar refractivity (Wildman–Crippen MR) is 111 cm³/mol. The Hall–Kier alpha value is -2.24. The van der Waals surface area contributed by atoms with Gasteiger partial charge in [-0.05, 0) is 18.1 Å². The van der Waals surface area contributed by atoms with E-state index < -0.39 is 0 Å². The van der Waals surface area contributed by atoms with Crippen molar-refractivity contribution in [3.63, 3.8) is 0 Å². The number of fused-ring (bicyclic) bond motifs is 1. The topological polar surface area (TPSA) is 32.3 Å². The van der Waals surface area contributed by atoms with Crippen LogP contribution in [0.4, 0.5) is 5.82 Å². The van der Waals surface area contributed by atoms with Gasteiger partial charge in [0.2, 0.25) is 0 Å². The van der Waals surface area contributed by atoms with Gasteiger partial charge in [-0.2, -0.15) is 0 Å². The smallest absolute Gasteiger partial charge is 0.140 e. The van der Waals surface area contributed by atoms with Gasteiger partial charge in [-0.1, -0.05) is 49.4 Å². The van der Waals surface area contributed by atoms with Crippen LogP contribution in [0.5, 0.6) is 0 Å². The van der Waals surface area contributed by atoms with E-state index in [1.54, 1.807) is 17.7 Å². The van der Waals surface area contributed by atoms with Crippen molar-refractivity contribution in [3.05, 3.63) is 59.2 Å². The van der Waals surface area contributed by atoms with E-state index in [1.165, 1.54) is 15.8 Å². The molecule has 4 rings (SSSR count). The molecule has 1 fully saturated rings. The monoisotopic (exact) mass is 364 g/mol. The molecule has 0 bridgehead atoms. The van der Waals surface area contributed by atoms with E-state index in [-0.39, 0.29) is 0 Å². The average molecular weight is 365 g/mol.